The maximum absolute atomic E-state index is 6.00. The molecule has 1 aliphatic carbocycles. The minimum Gasteiger partial charge on any atom is -0.278 e. The molecule has 0 aromatic carbocycles. The van der Waals surface area contributed by atoms with Crippen molar-refractivity contribution in [2.24, 2.45) is 0 Å². The molecule has 0 spiro atoms. The van der Waals surface area contributed by atoms with Crippen LogP contribution in [-0.2, 0) is 12.8 Å². The number of fused-ring (bicyclic) bond motifs is 3. The molecule has 1 aliphatic rings. The second kappa shape index (κ2) is 2.24. The molecule has 12 heavy (non-hydrogen) atoms. The van der Waals surface area contributed by atoms with Crippen molar-refractivity contribution in [1.82, 2.24) is 9.38 Å². The van der Waals surface area contributed by atoms with E-state index in [1.54, 1.807) is 17.5 Å². The molecule has 0 radical (unpaired) electrons. The summed E-state index contributed by atoms with van der Waals surface area (Å²) in [5, 5.41) is 0.754. The maximum Gasteiger partial charge on any atom is 0.195 e. The van der Waals surface area contributed by atoms with E-state index < -0.39 is 0 Å². The zero-order valence-electron chi connectivity index (χ0n) is 6.38. The standard InChI is InChI=1S/C8H7ClN2S/c9-7-4-10-8-11(7)5-2-1-3-6(5)12-8/h4H,1-3H2. The van der Waals surface area contributed by atoms with Gasteiger partial charge in [-0.1, -0.05) is 11.6 Å². The lowest BCUT2D eigenvalue weighted by atomic mass is 10.4. The molecule has 0 saturated carbocycles. The van der Waals surface area contributed by atoms with Crippen LogP contribution in [0, 0.1) is 0 Å². The van der Waals surface area contributed by atoms with Crippen LogP contribution in [0.5, 0.6) is 0 Å². The van der Waals surface area contributed by atoms with Gasteiger partial charge in [0.15, 0.2) is 4.96 Å². The van der Waals surface area contributed by atoms with E-state index in [1.165, 1.54) is 23.4 Å². The highest BCUT2D eigenvalue weighted by molar-refractivity contribution is 7.17. The van der Waals surface area contributed by atoms with E-state index in [4.69, 9.17) is 11.6 Å². The summed E-state index contributed by atoms with van der Waals surface area (Å²) >= 11 is 7.78. The van der Waals surface area contributed by atoms with Gasteiger partial charge in [0.1, 0.15) is 5.15 Å². The van der Waals surface area contributed by atoms with Crippen LogP contribution in [0.3, 0.4) is 0 Å². The van der Waals surface area contributed by atoms with E-state index in [0.29, 0.717) is 0 Å². The predicted octanol–water partition coefficient (Wildman–Crippen LogP) is 2.54. The van der Waals surface area contributed by atoms with Crippen LogP contribution < -0.4 is 0 Å². The van der Waals surface area contributed by atoms with Gasteiger partial charge in [-0.25, -0.2) is 4.98 Å². The summed E-state index contributed by atoms with van der Waals surface area (Å²) in [6.07, 6.45) is 5.36. The van der Waals surface area contributed by atoms with Gasteiger partial charge in [0, 0.05) is 10.6 Å². The summed E-state index contributed by atoms with van der Waals surface area (Å²) < 4.78 is 2.08. The Kier molecular flexibility index (Phi) is 1.29. The average molecular weight is 199 g/mol. The van der Waals surface area contributed by atoms with Gasteiger partial charge < -0.3 is 0 Å². The van der Waals surface area contributed by atoms with Crippen LogP contribution in [0.2, 0.25) is 5.15 Å². The number of aryl methyl sites for hydroxylation is 2. The summed E-state index contributed by atoms with van der Waals surface area (Å²) in [5.41, 5.74) is 1.39. The fourth-order valence-corrected chi connectivity index (χ4v) is 3.25. The molecule has 0 unspecified atom stereocenters. The third-order valence-corrected chi connectivity index (χ3v) is 3.73. The van der Waals surface area contributed by atoms with E-state index in [1.807, 2.05) is 0 Å². The first-order valence-corrected chi connectivity index (χ1v) is 5.19. The number of nitrogens with zero attached hydrogens (tertiary/aromatic N) is 2. The van der Waals surface area contributed by atoms with Crippen molar-refractivity contribution in [3.8, 4) is 0 Å². The third-order valence-electron chi connectivity index (χ3n) is 2.31. The Morgan fingerprint density at radius 3 is 3.33 bits per heavy atom. The van der Waals surface area contributed by atoms with Gasteiger partial charge >= 0.3 is 0 Å². The molecular formula is C8H7ClN2S. The van der Waals surface area contributed by atoms with E-state index in [-0.39, 0.29) is 0 Å². The van der Waals surface area contributed by atoms with Gasteiger partial charge in [0.25, 0.3) is 0 Å². The van der Waals surface area contributed by atoms with Crippen molar-refractivity contribution in [2.75, 3.05) is 0 Å². The molecule has 2 heterocycles. The molecule has 0 saturated heterocycles. The Bertz CT molecular complexity index is 443. The molecule has 0 aliphatic heterocycles. The Labute approximate surface area is 78.8 Å². The van der Waals surface area contributed by atoms with Crippen LogP contribution in [-0.4, -0.2) is 9.38 Å². The zero-order chi connectivity index (χ0) is 8.13. The van der Waals surface area contributed by atoms with Crippen molar-refractivity contribution in [2.45, 2.75) is 19.3 Å². The average Bonchev–Trinajstić information content (AvgIpc) is 2.61. The molecule has 0 fully saturated rings. The fraction of sp³-hybridized carbons (Fsp3) is 0.375. The maximum atomic E-state index is 6.00. The van der Waals surface area contributed by atoms with Gasteiger partial charge in [-0.05, 0) is 19.3 Å². The summed E-state index contributed by atoms with van der Waals surface area (Å²) in [5.74, 6) is 0. The van der Waals surface area contributed by atoms with Gasteiger partial charge in [-0.15, -0.1) is 11.3 Å². The molecule has 4 heteroatoms. The molecule has 2 aromatic heterocycles. The smallest absolute Gasteiger partial charge is 0.195 e. The van der Waals surface area contributed by atoms with Crippen molar-refractivity contribution in [3.05, 3.63) is 21.9 Å². The van der Waals surface area contributed by atoms with Crippen molar-refractivity contribution in [3.63, 3.8) is 0 Å². The number of hydrogen-bond acceptors (Lipinski definition) is 2. The Morgan fingerprint density at radius 2 is 2.42 bits per heavy atom. The normalized spacial score (nSPS) is 15.8. The Morgan fingerprint density at radius 1 is 1.50 bits per heavy atom. The van der Waals surface area contributed by atoms with Gasteiger partial charge in [-0.3, -0.25) is 4.40 Å². The first-order chi connectivity index (χ1) is 5.86. The second-order valence-corrected chi connectivity index (χ2v) is 4.47. The van der Waals surface area contributed by atoms with E-state index in [2.05, 4.69) is 9.38 Å². The molecular weight excluding hydrogens is 192 g/mol. The van der Waals surface area contributed by atoms with Crippen molar-refractivity contribution < 1.29 is 0 Å². The van der Waals surface area contributed by atoms with Crippen LogP contribution in [0.25, 0.3) is 4.96 Å². The number of imidazole rings is 1. The molecule has 3 rings (SSSR count). The summed E-state index contributed by atoms with van der Waals surface area (Å²) in [6, 6.07) is 0. The lowest BCUT2D eigenvalue weighted by Gasteiger charge is -1.92. The molecule has 2 nitrogen and oxygen atoms in total. The zero-order valence-corrected chi connectivity index (χ0v) is 7.95. The minimum atomic E-state index is 0.754. The highest BCUT2D eigenvalue weighted by atomic mass is 35.5. The van der Waals surface area contributed by atoms with Crippen molar-refractivity contribution >= 4 is 27.9 Å². The molecule has 0 N–H and O–H groups in total. The molecule has 62 valence electrons. The monoisotopic (exact) mass is 198 g/mol. The first kappa shape index (κ1) is 6.92. The fourth-order valence-electron chi connectivity index (χ4n) is 1.79. The highest BCUT2D eigenvalue weighted by Crippen LogP contribution is 2.32. The number of aromatic nitrogens is 2. The number of halogens is 1. The predicted molar refractivity (Wildman–Crippen MR) is 50.1 cm³/mol. The first-order valence-electron chi connectivity index (χ1n) is 4.00. The quantitative estimate of drug-likeness (QED) is 0.636. The largest absolute Gasteiger partial charge is 0.278 e. The summed E-state index contributed by atoms with van der Waals surface area (Å²) in [6.45, 7) is 0. The van der Waals surface area contributed by atoms with Gasteiger partial charge in [0.05, 0.1) is 6.20 Å². The van der Waals surface area contributed by atoms with E-state index in [0.717, 1.165) is 16.5 Å². The number of rotatable bonds is 0. The molecule has 0 atom stereocenters. The topological polar surface area (TPSA) is 17.3 Å². The van der Waals surface area contributed by atoms with Crippen LogP contribution >= 0.6 is 22.9 Å². The second-order valence-electron chi connectivity index (χ2n) is 3.02. The lowest BCUT2D eigenvalue weighted by molar-refractivity contribution is 0.888. The van der Waals surface area contributed by atoms with Crippen LogP contribution in [0.1, 0.15) is 17.0 Å². The van der Waals surface area contributed by atoms with E-state index >= 15 is 0 Å². The number of hydrogen-bond donors (Lipinski definition) is 0. The molecule has 0 amide bonds. The highest BCUT2D eigenvalue weighted by Gasteiger charge is 2.19. The van der Waals surface area contributed by atoms with Crippen LogP contribution in [0.15, 0.2) is 6.20 Å². The van der Waals surface area contributed by atoms with Gasteiger partial charge in [0.2, 0.25) is 0 Å². The number of thiazole rings is 1. The Hall–Kier alpha value is -0.540. The van der Waals surface area contributed by atoms with Crippen LogP contribution in [0.4, 0.5) is 0 Å². The Balaban J connectivity index is 2.46. The summed E-state index contributed by atoms with van der Waals surface area (Å²) in [4.78, 5) is 6.75. The summed E-state index contributed by atoms with van der Waals surface area (Å²) in [7, 11) is 0. The minimum absolute atomic E-state index is 0.754. The van der Waals surface area contributed by atoms with Crippen molar-refractivity contribution in [1.29, 1.82) is 0 Å². The molecule has 2 aromatic rings. The molecule has 0 bridgehead atoms. The lowest BCUT2D eigenvalue weighted by Crippen LogP contribution is -1.86. The third kappa shape index (κ3) is 0.730. The van der Waals surface area contributed by atoms with Gasteiger partial charge in [-0.2, -0.15) is 0 Å². The van der Waals surface area contributed by atoms with E-state index in [9.17, 15) is 0 Å². The SMILES string of the molecule is Clc1cnc2sc3c(n12)CCC3.